The Bertz CT molecular complexity index is 1350. The summed E-state index contributed by atoms with van der Waals surface area (Å²) in [6.45, 7) is 2.40. The van der Waals surface area contributed by atoms with Crippen molar-refractivity contribution in [1.29, 1.82) is 0 Å². The van der Waals surface area contributed by atoms with Crippen LogP contribution in [0.3, 0.4) is 0 Å². The van der Waals surface area contributed by atoms with Gasteiger partial charge in [0.1, 0.15) is 11.7 Å². The van der Waals surface area contributed by atoms with E-state index in [0.29, 0.717) is 13.0 Å². The zero-order valence-corrected chi connectivity index (χ0v) is 20.6. The van der Waals surface area contributed by atoms with E-state index in [1.165, 1.54) is 0 Å². The summed E-state index contributed by atoms with van der Waals surface area (Å²) in [5, 5.41) is 6.51. The number of nitrogens with zero attached hydrogens (tertiary/aromatic N) is 3. The fraction of sp³-hybridized carbons (Fsp3) is 0.276. The van der Waals surface area contributed by atoms with Crippen molar-refractivity contribution in [2.75, 3.05) is 7.05 Å². The second kappa shape index (κ2) is 10.2. The number of hydrogen-bond donors (Lipinski definition) is 2. The van der Waals surface area contributed by atoms with Gasteiger partial charge in [0.15, 0.2) is 0 Å². The van der Waals surface area contributed by atoms with Crippen LogP contribution in [0.1, 0.15) is 24.6 Å². The monoisotopic (exact) mass is 481 g/mol. The third-order valence-electron chi connectivity index (χ3n) is 6.94. The number of likely N-dealkylation sites (N-methyl/N-ethyl adjacent to an activating group) is 1. The summed E-state index contributed by atoms with van der Waals surface area (Å²) < 4.78 is 1.97. The lowest BCUT2D eigenvalue weighted by Crippen LogP contribution is -2.48. The summed E-state index contributed by atoms with van der Waals surface area (Å²) in [5.74, 6) is -0.110. The predicted octanol–water partition coefficient (Wildman–Crippen LogP) is 3.40. The van der Waals surface area contributed by atoms with Crippen LogP contribution in [0, 0.1) is 5.92 Å². The predicted molar refractivity (Wildman–Crippen MR) is 140 cm³/mol. The summed E-state index contributed by atoms with van der Waals surface area (Å²) in [5.41, 5.74) is 4.85. The number of amides is 2. The van der Waals surface area contributed by atoms with Crippen LogP contribution in [0.15, 0.2) is 96.5 Å². The van der Waals surface area contributed by atoms with Crippen molar-refractivity contribution < 1.29 is 9.59 Å². The van der Waals surface area contributed by atoms with Gasteiger partial charge in [-0.05, 0) is 30.2 Å². The molecule has 1 aromatic carbocycles. The number of hydrogen-bond acceptors (Lipinski definition) is 4. The molecule has 7 nitrogen and oxygen atoms in total. The van der Waals surface area contributed by atoms with Crippen LogP contribution in [0.5, 0.6) is 0 Å². The first kappa shape index (κ1) is 23.6. The van der Waals surface area contributed by atoms with E-state index in [9.17, 15) is 9.59 Å². The number of imidazole rings is 1. The Morgan fingerprint density at radius 3 is 2.72 bits per heavy atom. The molecule has 184 valence electrons. The molecule has 1 aliphatic carbocycles. The van der Waals surface area contributed by atoms with Gasteiger partial charge in [0.05, 0.1) is 30.9 Å². The Balaban J connectivity index is 1.31. The van der Waals surface area contributed by atoms with Gasteiger partial charge in [0, 0.05) is 31.3 Å². The van der Waals surface area contributed by atoms with Crippen molar-refractivity contribution >= 4 is 17.5 Å². The molecule has 36 heavy (non-hydrogen) atoms. The largest absolute Gasteiger partial charge is 0.381 e. The van der Waals surface area contributed by atoms with Crippen molar-refractivity contribution in [2.45, 2.75) is 38.4 Å². The van der Waals surface area contributed by atoms with E-state index in [1.807, 2.05) is 78.2 Å². The summed E-state index contributed by atoms with van der Waals surface area (Å²) in [4.78, 5) is 32.9. The highest BCUT2D eigenvalue weighted by Crippen LogP contribution is 2.32. The van der Waals surface area contributed by atoms with E-state index in [0.717, 1.165) is 28.2 Å². The molecule has 3 heterocycles. The topological polar surface area (TPSA) is 78.7 Å². The number of pyridine rings is 1. The molecule has 0 bridgehead atoms. The van der Waals surface area contributed by atoms with Crippen LogP contribution in [0.2, 0.25) is 0 Å². The van der Waals surface area contributed by atoms with Gasteiger partial charge in [-0.15, -0.1) is 0 Å². The smallest absolute Gasteiger partial charge is 0.245 e. The minimum absolute atomic E-state index is 0.133. The third kappa shape index (κ3) is 4.96. The molecule has 2 N–H and O–H groups in total. The highest BCUT2D eigenvalue weighted by molar-refractivity contribution is 5.88. The van der Waals surface area contributed by atoms with Gasteiger partial charge < -0.3 is 19.9 Å². The van der Waals surface area contributed by atoms with Gasteiger partial charge in [-0.1, -0.05) is 60.7 Å². The molecule has 2 aliphatic rings. The first-order valence-electron chi connectivity index (χ1n) is 12.3. The molecular formula is C29H31N5O2. The lowest BCUT2D eigenvalue weighted by molar-refractivity contribution is -0.135. The van der Waals surface area contributed by atoms with E-state index in [1.54, 1.807) is 18.1 Å². The lowest BCUT2D eigenvalue weighted by Gasteiger charge is -2.25. The maximum atomic E-state index is 13.6. The normalized spacial score (nSPS) is 19.2. The van der Waals surface area contributed by atoms with Gasteiger partial charge in [-0.3, -0.25) is 9.59 Å². The summed E-state index contributed by atoms with van der Waals surface area (Å²) in [7, 11) is 1.77. The molecular weight excluding hydrogens is 450 g/mol. The number of nitrogens with one attached hydrogen (secondary N) is 2. The molecule has 0 radical (unpaired) electrons. The first-order chi connectivity index (χ1) is 17.5. The van der Waals surface area contributed by atoms with Gasteiger partial charge in [-0.2, -0.15) is 0 Å². The Labute approximate surface area is 211 Å². The first-order valence-corrected chi connectivity index (χ1v) is 12.3. The molecule has 2 aromatic heterocycles. The number of rotatable bonds is 8. The molecule has 0 saturated carbocycles. The van der Waals surface area contributed by atoms with Crippen molar-refractivity contribution in [1.82, 2.24) is 24.9 Å². The van der Waals surface area contributed by atoms with E-state index in [2.05, 4.69) is 27.8 Å². The SMILES string of the molecule is CC1=C(CC(=O)N[C@@H](Cc2ccccc2)C(=O)N(C)Cc2cnc3ccccn23)C2C=CC=CC2N1. The van der Waals surface area contributed by atoms with Crippen molar-refractivity contribution in [3.8, 4) is 0 Å². The van der Waals surface area contributed by atoms with Crippen molar-refractivity contribution in [3.63, 3.8) is 0 Å². The Morgan fingerprint density at radius 2 is 1.89 bits per heavy atom. The second-order valence-corrected chi connectivity index (χ2v) is 9.48. The standard InChI is InChI=1S/C29H31N5O2/c1-20-24(23-12-6-7-13-25(23)31-20)17-28(35)32-26(16-21-10-4-3-5-11-21)29(36)33(2)19-22-18-30-27-14-8-9-15-34(22)27/h3-15,18,23,25-26,31H,16-17,19H2,1-2H3,(H,32,35)/t23?,25?,26-/m0/s1. The molecule has 2 unspecified atom stereocenters. The number of carbonyl (C=O) groups is 2. The van der Waals surface area contributed by atoms with E-state index < -0.39 is 6.04 Å². The van der Waals surface area contributed by atoms with Crippen LogP contribution in [0.25, 0.3) is 5.65 Å². The van der Waals surface area contributed by atoms with E-state index in [-0.39, 0.29) is 30.2 Å². The highest BCUT2D eigenvalue weighted by Gasteiger charge is 2.32. The molecule has 3 atom stereocenters. The van der Waals surface area contributed by atoms with Crippen LogP contribution in [-0.4, -0.2) is 45.2 Å². The third-order valence-corrected chi connectivity index (χ3v) is 6.94. The molecule has 2 amide bonds. The van der Waals surface area contributed by atoms with Crippen LogP contribution >= 0.6 is 0 Å². The minimum atomic E-state index is -0.669. The molecule has 0 spiro atoms. The lowest BCUT2D eigenvalue weighted by atomic mass is 9.89. The van der Waals surface area contributed by atoms with Gasteiger partial charge in [-0.25, -0.2) is 4.98 Å². The average Bonchev–Trinajstić information content (AvgIpc) is 3.44. The number of allylic oxidation sites excluding steroid dienone is 3. The van der Waals surface area contributed by atoms with Crippen molar-refractivity contribution in [2.24, 2.45) is 5.92 Å². The quantitative estimate of drug-likeness (QED) is 0.517. The number of benzene rings is 1. The van der Waals surface area contributed by atoms with E-state index >= 15 is 0 Å². The van der Waals surface area contributed by atoms with Crippen LogP contribution < -0.4 is 10.6 Å². The van der Waals surface area contributed by atoms with E-state index in [4.69, 9.17) is 0 Å². The second-order valence-electron chi connectivity index (χ2n) is 9.48. The fourth-order valence-corrected chi connectivity index (χ4v) is 5.08. The van der Waals surface area contributed by atoms with Crippen molar-refractivity contribution in [3.05, 3.63) is 108 Å². The van der Waals surface area contributed by atoms with Crippen LogP contribution in [0.4, 0.5) is 0 Å². The summed E-state index contributed by atoms with van der Waals surface area (Å²) >= 11 is 0. The Kier molecular flexibility index (Phi) is 6.71. The fourth-order valence-electron chi connectivity index (χ4n) is 5.08. The summed E-state index contributed by atoms with van der Waals surface area (Å²) in [6, 6.07) is 15.1. The number of carbonyl (C=O) groups excluding carboxylic acids is 2. The molecule has 7 heteroatoms. The Morgan fingerprint density at radius 1 is 1.11 bits per heavy atom. The summed E-state index contributed by atoms with van der Waals surface area (Å²) in [6.07, 6.45) is 12.7. The van der Waals surface area contributed by atoms with Gasteiger partial charge in [0.25, 0.3) is 0 Å². The molecule has 3 aromatic rings. The Hall–Kier alpha value is -4.13. The number of aromatic nitrogens is 2. The minimum Gasteiger partial charge on any atom is -0.381 e. The zero-order valence-electron chi connectivity index (χ0n) is 20.6. The molecule has 0 saturated heterocycles. The molecule has 1 aliphatic heterocycles. The maximum Gasteiger partial charge on any atom is 0.245 e. The van der Waals surface area contributed by atoms with Crippen LogP contribution in [-0.2, 0) is 22.6 Å². The molecule has 5 rings (SSSR count). The number of fused-ring (bicyclic) bond motifs is 2. The van der Waals surface area contributed by atoms with Gasteiger partial charge in [0.2, 0.25) is 11.8 Å². The zero-order chi connectivity index (χ0) is 25.1. The maximum absolute atomic E-state index is 13.6. The van der Waals surface area contributed by atoms with Gasteiger partial charge >= 0.3 is 0 Å². The average molecular weight is 482 g/mol. The highest BCUT2D eigenvalue weighted by atomic mass is 16.2. The molecule has 0 fully saturated rings.